The summed E-state index contributed by atoms with van der Waals surface area (Å²) in [5, 5.41) is 13.2. The van der Waals surface area contributed by atoms with Gasteiger partial charge in [-0.15, -0.1) is 0 Å². The number of benzene rings is 3. The van der Waals surface area contributed by atoms with Crippen LogP contribution in [0.3, 0.4) is 0 Å². The molecule has 0 radical (unpaired) electrons. The molecule has 2 saturated heterocycles. The van der Waals surface area contributed by atoms with Crippen LogP contribution in [-0.4, -0.2) is 22.8 Å². The normalized spacial score (nSPS) is 22.1. The molecule has 3 aromatic rings. The molecular weight excluding hydrogens is 446 g/mol. The molecule has 8 nitrogen and oxygen atoms in total. The van der Waals surface area contributed by atoms with E-state index in [1.54, 1.807) is 36.4 Å². The highest BCUT2D eigenvalue weighted by atomic mass is 35.5. The van der Waals surface area contributed by atoms with Gasteiger partial charge >= 0.3 is 0 Å². The molecule has 9 heteroatoms. The zero-order valence-corrected chi connectivity index (χ0v) is 18.2. The van der Waals surface area contributed by atoms with E-state index in [2.05, 4.69) is 0 Å². The van der Waals surface area contributed by atoms with Gasteiger partial charge in [-0.05, 0) is 42.8 Å². The van der Waals surface area contributed by atoms with E-state index >= 15 is 0 Å². The van der Waals surface area contributed by atoms with Crippen molar-refractivity contribution in [3.63, 3.8) is 0 Å². The van der Waals surface area contributed by atoms with Gasteiger partial charge < -0.3 is 0 Å². The number of halogens is 1. The highest BCUT2D eigenvalue weighted by Gasteiger charge is 2.60. The molecule has 2 aliphatic heterocycles. The molecule has 3 atom stereocenters. The van der Waals surface area contributed by atoms with E-state index in [9.17, 15) is 19.7 Å². The number of anilines is 2. The van der Waals surface area contributed by atoms with Gasteiger partial charge in [-0.3, -0.25) is 24.5 Å². The minimum Gasteiger partial charge on any atom is -0.273 e. The fourth-order valence-electron chi connectivity index (χ4n) is 4.33. The molecular formula is C24H18ClN3O5. The van der Waals surface area contributed by atoms with Gasteiger partial charge in [0.1, 0.15) is 5.92 Å². The second kappa shape index (κ2) is 7.99. The summed E-state index contributed by atoms with van der Waals surface area (Å²) in [7, 11) is 0. The van der Waals surface area contributed by atoms with Crippen LogP contribution >= 0.6 is 11.6 Å². The van der Waals surface area contributed by atoms with Crippen molar-refractivity contribution in [1.82, 2.24) is 0 Å². The molecule has 0 aromatic heterocycles. The van der Waals surface area contributed by atoms with Crippen LogP contribution in [0.1, 0.15) is 17.2 Å². The van der Waals surface area contributed by atoms with Crippen molar-refractivity contribution < 1.29 is 19.3 Å². The summed E-state index contributed by atoms with van der Waals surface area (Å²) in [5.74, 6) is -1.71. The third-order valence-electron chi connectivity index (χ3n) is 5.91. The number of carbonyl (C=O) groups is 2. The number of hydrogen-bond donors (Lipinski definition) is 0. The first-order valence-corrected chi connectivity index (χ1v) is 10.6. The number of imide groups is 1. The molecule has 2 fully saturated rings. The molecule has 0 aliphatic carbocycles. The van der Waals surface area contributed by atoms with E-state index in [0.717, 1.165) is 16.0 Å². The van der Waals surface area contributed by atoms with Crippen LogP contribution in [-0.2, 0) is 14.4 Å². The van der Waals surface area contributed by atoms with Crippen molar-refractivity contribution in [3.05, 3.63) is 99.1 Å². The standard InChI is InChI=1S/C24H18ClN3O5/c1-14-5-7-15(8-6-14)21-20-22(33-27(21)18-3-2-4-19(13-18)28(31)32)24(30)26(23(20)29)17-11-9-16(25)10-12-17/h2-13,20-22H,1H3. The predicted molar refractivity (Wildman–Crippen MR) is 122 cm³/mol. The molecule has 0 spiro atoms. The summed E-state index contributed by atoms with van der Waals surface area (Å²) in [5.41, 5.74) is 2.49. The van der Waals surface area contributed by atoms with E-state index in [0.29, 0.717) is 16.4 Å². The van der Waals surface area contributed by atoms with Crippen molar-refractivity contribution in [1.29, 1.82) is 0 Å². The van der Waals surface area contributed by atoms with Crippen LogP contribution in [0.4, 0.5) is 17.1 Å². The zero-order chi connectivity index (χ0) is 23.3. The van der Waals surface area contributed by atoms with Crippen LogP contribution in [0.2, 0.25) is 5.02 Å². The molecule has 2 aliphatic rings. The van der Waals surface area contributed by atoms with Crippen molar-refractivity contribution in [2.45, 2.75) is 19.1 Å². The molecule has 5 rings (SSSR count). The van der Waals surface area contributed by atoms with E-state index in [-0.39, 0.29) is 5.69 Å². The quantitative estimate of drug-likeness (QED) is 0.319. The maximum atomic E-state index is 13.5. The van der Waals surface area contributed by atoms with Crippen molar-refractivity contribution >= 4 is 40.5 Å². The topological polar surface area (TPSA) is 93.0 Å². The number of rotatable bonds is 4. The lowest BCUT2D eigenvalue weighted by atomic mass is 9.90. The fraction of sp³-hybridized carbons (Fsp3) is 0.167. The van der Waals surface area contributed by atoms with Gasteiger partial charge in [-0.1, -0.05) is 47.5 Å². The molecule has 33 heavy (non-hydrogen) atoms. The molecule has 166 valence electrons. The van der Waals surface area contributed by atoms with Crippen molar-refractivity contribution in [3.8, 4) is 0 Å². The van der Waals surface area contributed by atoms with Crippen molar-refractivity contribution in [2.75, 3.05) is 9.96 Å². The first-order chi connectivity index (χ1) is 15.8. The Morgan fingerprint density at radius 3 is 2.30 bits per heavy atom. The molecule has 0 N–H and O–H groups in total. The number of carbonyl (C=O) groups excluding carboxylic acids is 2. The van der Waals surface area contributed by atoms with Gasteiger partial charge in [0, 0.05) is 17.2 Å². The molecule has 3 unspecified atom stereocenters. The molecule has 2 heterocycles. The Hall–Kier alpha value is -3.75. The van der Waals surface area contributed by atoms with Crippen LogP contribution in [0, 0.1) is 23.0 Å². The number of nitro benzene ring substituents is 1. The minimum atomic E-state index is -1.06. The number of nitrogens with zero attached hydrogens (tertiary/aromatic N) is 3. The Labute approximate surface area is 194 Å². The highest BCUT2D eigenvalue weighted by Crippen LogP contribution is 2.48. The van der Waals surface area contributed by atoms with Crippen LogP contribution < -0.4 is 9.96 Å². The summed E-state index contributed by atoms with van der Waals surface area (Å²) in [6.07, 6.45) is -1.06. The fourth-order valence-corrected chi connectivity index (χ4v) is 4.46. The van der Waals surface area contributed by atoms with Crippen LogP contribution in [0.15, 0.2) is 72.8 Å². The van der Waals surface area contributed by atoms with E-state index < -0.39 is 34.8 Å². The number of aryl methyl sites for hydroxylation is 1. The smallest absolute Gasteiger partial charge is 0.271 e. The van der Waals surface area contributed by atoms with E-state index in [1.165, 1.54) is 17.2 Å². The monoisotopic (exact) mass is 463 g/mol. The summed E-state index contributed by atoms with van der Waals surface area (Å²) < 4.78 is 0. The van der Waals surface area contributed by atoms with Crippen LogP contribution in [0.25, 0.3) is 0 Å². The largest absolute Gasteiger partial charge is 0.273 e. The van der Waals surface area contributed by atoms with Gasteiger partial charge in [0.05, 0.1) is 22.3 Å². The lowest BCUT2D eigenvalue weighted by Gasteiger charge is -2.28. The Morgan fingerprint density at radius 1 is 0.939 bits per heavy atom. The Kier molecular flexibility index (Phi) is 5.11. The third kappa shape index (κ3) is 3.53. The number of hydrogen-bond acceptors (Lipinski definition) is 6. The van der Waals surface area contributed by atoms with Gasteiger partial charge in [0.25, 0.3) is 11.6 Å². The lowest BCUT2D eigenvalue weighted by Crippen LogP contribution is -2.37. The maximum absolute atomic E-state index is 13.5. The zero-order valence-electron chi connectivity index (χ0n) is 17.4. The average Bonchev–Trinajstić information content (AvgIpc) is 3.31. The van der Waals surface area contributed by atoms with Gasteiger partial charge in [-0.2, -0.15) is 0 Å². The summed E-state index contributed by atoms with van der Waals surface area (Å²) >= 11 is 5.96. The number of non-ortho nitro benzene ring substituents is 1. The first-order valence-electron chi connectivity index (χ1n) is 10.3. The Balaban J connectivity index is 1.59. The summed E-state index contributed by atoms with van der Waals surface area (Å²) in [4.78, 5) is 44.8. The second-order valence-electron chi connectivity index (χ2n) is 8.00. The highest BCUT2D eigenvalue weighted by molar-refractivity contribution is 6.31. The molecule has 0 saturated carbocycles. The Morgan fingerprint density at radius 2 is 1.64 bits per heavy atom. The summed E-state index contributed by atoms with van der Waals surface area (Å²) in [6.45, 7) is 1.95. The number of fused-ring (bicyclic) bond motifs is 1. The molecule has 3 aromatic carbocycles. The molecule has 2 amide bonds. The Bertz CT molecular complexity index is 1260. The number of nitro groups is 1. The van der Waals surface area contributed by atoms with Crippen LogP contribution in [0.5, 0.6) is 0 Å². The van der Waals surface area contributed by atoms with Crippen molar-refractivity contribution in [2.24, 2.45) is 5.92 Å². The number of hydroxylamine groups is 1. The number of amides is 2. The van der Waals surface area contributed by atoms with Gasteiger partial charge in [0.15, 0.2) is 6.10 Å². The van der Waals surface area contributed by atoms with Gasteiger partial charge in [0.2, 0.25) is 5.91 Å². The second-order valence-corrected chi connectivity index (χ2v) is 8.43. The van der Waals surface area contributed by atoms with E-state index in [1.807, 2.05) is 31.2 Å². The molecule has 0 bridgehead atoms. The predicted octanol–water partition coefficient (Wildman–Crippen LogP) is 4.61. The summed E-state index contributed by atoms with van der Waals surface area (Å²) in [6, 6.07) is 19.3. The van der Waals surface area contributed by atoms with E-state index in [4.69, 9.17) is 16.4 Å². The minimum absolute atomic E-state index is 0.115. The van der Waals surface area contributed by atoms with Gasteiger partial charge in [-0.25, -0.2) is 9.96 Å². The average molecular weight is 464 g/mol. The SMILES string of the molecule is Cc1ccc(C2C3C(=O)N(c4ccc(Cl)cc4)C(=O)C3ON2c2cccc([N+](=O)[O-])c2)cc1. The maximum Gasteiger partial charge on any atom is 0.271 e. The first kappa shape index (κ1) is 21.1. The third-order valence-corrected chi connectivity index (χ3v) is 6.17. The lowest BCUT2D eigenvalue weighted by molar-refractivity contribution is -0.384.